The van der Waals surface area contributed by atoms with E-state index in [1.807, 2.05) is 0 Å². The van der Waals surface area contributed by atoms with Crippen molar-refractivity contribution in [1.82, 2.24) is 4.41 Å². The Hall–Kier alpha value is -0.430. The van der Waals surface area contributed by atoms with Crippen LogP contribution in [0.1, 0.15) is 20.8 Å². The van der Waals surface area contributed by atoms with Crippen LogP contribution in [0.3, 0.4) is 0 Å². The number of nitrogens with two attached hydrogens (primary N) is 1. The first kappa shape index (κ1) is 11.6. The van der Waals surface area contributed by atoms with Crippen LogP contribution in [-0.2, 0) is 10.0 Å². The van der Waals surface area contributed by atoms with Gasteiger partial charge in [0.05, 0.1) is 0 Å². The molecule has 0 saturated carbocycles. The largest absolute Gasteiger partial charge is 0.265 e. The molecule has 1 rings (SSSR count). The molecule has 0 spiro atoms. The van der Waals surface area contributed by atoms with Gasteiger partial charge in [-0.25, -0.2) is 8.42 Å². The normalized spacial score (nSPS) is 13.5. The van der Waals surface area contributed by atoms with Crippen molar-refractivity contribution >= 4 is 21.4 Å². The van der Waals surface area contributed by atoms with Gasteiger partial charge in [-0.15, -0.1) is 15.8 Å². The molecular formula is C8H14N2O2S2. The predicted molar refractivity (Wildman–Crippen MR) is 57.3 cm³/mol. The van der Waals surface area contributed by atoms with E-state index in [4.69, 9.17) is 5.84 Å². The van der Waals surface area contributed by atoms with Crippen molar-refractivity contribution in [3.63, 3.8) is 0 Å². The number of hydrogen-bond acceptors (Lipinski definition) is 4. The molecule has 14 heavy (non-hydrogen) atoms. The molecule has 0 unspecified atom stereocenters. The third kappa shape index (κ3) is 2.14. The lowest BCUT2D eigenvalue weighted by atomic mass is 10.1. The number of hydrazine groups is 1. The third-order valence-corrected chi connectivity index (χ3v) is 4.96. The molecular weight excluding hydrogens is 220 g/mol. The Morgan fingerprint density at radius 1 is 1.43 bits per heavy atom. The molecule has 0 amide bonds. The number of sulfonamides is 1. The van der Waals surface area contributed by atoms with E-state index >= 15 is 0 Å². The summed E-state index contributed by atoms with van der Waals surface area (Å²) in [4.78, 5) is 0. The summed E-state index contributed by atoms with van der Waals surface area (Å²) < 4.78 is 24.9. The van der Waals surface area contributed by atoms with Gasteiger partial charge in [0.1, 0.15) is 4.21 Å². The molecule has 0 aliphatic rings. The SMILES string of the molecule is CC(C)(C)N(N)S(=O)(=O)c1cccs1. The van der Waals surface area contributed by atoms with Gasteiger partial charge >= 0.3 is 0 Å². The predicted octanol–water partition coefficient (Wildman–Crippen LogP) is 1.41. The molecule has 6 heteroatoms. The van der Waals surface area contributed by atoms with Crippen LogP contribution < -0.4 is 5.84 Å². The maximum Gasteiger partial charge on any atom is 0.265 e. The van der Waals surface area contributed by atoms with E-state index in [2.05, 4.69) is 0 Å². The average molecular weight is 234 g/mol. The Bertz CT molecular complexity index is 389. The Morgan fingerprint density at radius 2 is 2.00 bits per heavy atom. The Kier molecular flexibility index (Phi) is 3.01. The summed E-state index contributed by atoms with van der Waals surface area (Å²) in [5, 5.41) is 1.71. The molecule has 0 fully saturated rings. The van der Waals surface area contributed by atoms with Crippen molar-refractivity contribution in [3.05, 3.63) is 17.5 Å². The molecule has 0 saturated heterocycles. The molecule has 0 radical (unpaired) electrons. The summed E-state index contributed by atoms with van der Waals surface area (Å²) in [6, 6.07) is 3.24. The van der Waals surface area contributed by atoms with Crippen LogP contribution in [0.2, 0.25) is 0 Å². The molecule has 0 aliphatic carbocycles. The number of rotatable bonds is 2. The zero-order valence-electron chi connectivity index (χ0n) is 8.39. The van der Waals surface area contributed by atoms with Crippen LogP contribution in [0, 0.1) is 0 Å². The lowest BCUT2D eigenvalue weighted by Gasteiger charge is -2.29. The Balaban J connectivity index is 3.11. The van der Waals surface area contributed by atoms with Gasteiger partial charge in [-0.1, -0.05) is 6.07 Å². The van der Waals surface area contributed by atoms with Crippen molar-refractivity contribution in [1.29, 1.82) is 0 Å². The smallest absolute Gasteiger partial charge is 0.254 e. The summed E-state index contributed by atoms with van der Waals surface area (Å²) in [6.07, 6.45) is 0. The molecule has 1 aromatic rings. The van der Waals surface area contributed by atoms with Crippen molar-refractivity contribution in [3.8, 4) is 0 Å². The molecule has 0 aliphatic heterocycles. The van der Waals surface area contributed by atoms with Gasteiger partial charge in [0.2, 0.25) is 0 Å². The topological polar surface area (TPSA) is 63.4 Å². The van der Waals surface area contributed by atoms with E-state index in [-0.39, 0.29) is 4.21 Å². The minimum atomic E-state index is -3.52. The van der Waals surface area contributed by atoms with E-state index in [1.165, 1.54) is 0 Å². The second kappa shape index (κ2) is 3.62. The quantitative estimate of drug-likeness (QED) is 0.621. The van der Waals surface area contributed by atoms with E-state index in [9.17, 15) is 8.42 Å². The van der Waals surface area contributed by atoms with Crippen LogP contribution in [0.15, 0.2) is 21.7 Å². The maximum atomic E-state index is 11.9. The van der Waals surface area contributed by atoms with Crippen LogP contribution in [0.25, 0.3) is 0 Å². The lowest BCUT2D eigenvalue weighted by Crippen LogP contribution is -2.50. The van der Waals surface area contributed by atoms with Gasteiger partial charge in [-0.3, -0.25) is 5.84 Å². The fraction of sp³-hybridized carbons (Fsp3) is 0.500. The number of nitrogens with zero attached hydrogens (tertiary/aromatic N) is 1. The van der Waals surface area contributed by atoms with Crippen LogP contribution in [0.4, 0.5) is 0 Å². The molecule has 0 atom stereocenters. The van der Waals surface area contributed by atoms with Gasteiger partial charge in [-0.05, 0) is 32.2 Å². The Labute approximate surface area is 88.4 Å². The standard InChI is InChI=1S/C8H14N2O2S2/c1-8(2,3)10(9)14(11,12)7-5-4-6-13-7/h4-6H,9H2,1-3H3. The molecule has 2 N–H and O–H groups in total. The van der Waals surface area contributed by atoms with Crippen LogP contribution >= 0.6 is 11.3 Å². The monoisotopic (exact) mass is 234 g/mol. The molecule has 4 nitrogen and oxygen atoms in total. The summed E-state index contributed by atoms with van der Waals surface area (Å²) in [5.41, 5.74) is -0.608. The second-order valence-electron chi connectivity index (χ2n) is 3.90. The van der Waals surface area contributed by atoms with Gasteiger partial charge in [0.15, 0.2) is 0 Å². The van der Waals surface area contributed by atoms with Gasteiger partial charge in [0.25, 0.3) is 10.0 Å². The average Bonchev–Trinajstić information content (AvgIpc) is 2.53. The van der Waals surface area contributed by atoms with Crippen molar-refractivity contribution < 1.29 is 8.42 Å². The van der Waals surface area contributed by atoms with Gasteiger partial charge in [-0.2, -0.15) is 0 Å². The minimum absolute atomic E-state index is 0.273. The van der Waals surface area contributed by atoms with Crippen molar-refractivity contribution in [2.75, 3.05) is 0 Å². The summed E-state index contributed by atoms with van der Waals surface area (Å²) in [7, 11) is -3.52. The van der Waals surface area contributed by atoms with Crippen molar-refractivity contribution in [2.24, 2.45) is 5.84 Å². The maximum absolute atomic E-state index is 11.9. The van der Waals surface area contributed by atoms with E-state index in [0.29, 0.717) is 0 Å². The highest BCUT2D eigenvalue weighted by molar-refractivity contribution is 7.91. The molecule has 0 bridgehead atoms. The molecule has 1 heterocycles. The number of hydrogen-bond donors (Lipinski definition) is 1. The highest BCUT2D eigenvalue weighted by Gasteiger charge is 2.31. The summed E-state index contributed by atoms with van der Waals surface area (Å²) in [5.74, 6) is 5.57. The van der Waals surface area contributed by atoms with Gasteiger partial charge < -0.3 is 0 Å². The summed E-state index contributed by atoms with van der Waals surface area (Å²) >= 11 is 1.16. The third-order valence-electron chi connectivity index (χ3n) is 1.67. The highest BCUT2D eigenvalue weighted by atomic mass is 32.2. The molecule has 0 aromatic carbocycles. The first-order valence-electron chi connectivity index (χ1n) is 4.10. The van der Waals surface area contributed by atoms with E-state index in [1.54, 1.807) is 38.3 Å². The van der Waals surface area contributed by atoms with E-state index in [0.717, 1.165) is 15.8 Å². The summed E-state index contributed by atoms with van der Waals surface area (Å²) in [6.45, 7) is 5.24. The number of thiophene rings is 1. The lowest BCUT2D eigenvalue weighted by molar-refractivity contribution is 0.256. The fourth-order valence-electron chi connectivity index (χ4n) is 0.868. The highest BCUT2D eigenvalue weighted by Crippen LogP contribution is 2.23. The van der Waals surface area contributed by atoms with E-state index < -0.39 is 15.6 Å². The Morgan fingerprint density at radius 3 is 2.36 bits per heavy atom. The zero-order chi connectivity index (χ0) is 11.0. The minimum Gasteiger partial charge on any atom is -0.254 e. The zero-order valence-corrected chi connectivity index (χ0v) is 10.0. The first-order valence-corrected chi connectivity index (χ1v) is 6.42. The van der Waals surface area contributed by atoms with Crippen molar-refractivity contribution in [2.45, 2.75) is 30.5 Å². The molecule has 1 aromatic heterocycles. The first-order chi connectivity index (χ1) is 6.26. The van der Waals surface area contributed by atoms with Crippen LogP contribution in [0.5, 0.6) is 0 Å². The van der Waals surface area contributed by atoms with Crippen LogP contribution in [-0.4, -0.2) is 18.4 Å². The molecule has 80 valence electrons. The van der Waals surface area contributed by atoms with Gasteiger partial charge in [0, 0.05) is 5.54 Å². The second-order valence-corrected chi connectivity index (χ2v) is 6.89. The fourth-order valence-corrected chi connectivity index (χ4v) is 3.38.